The molecule has 32 heavy (non-hydrogen) atoms. The number of carbonyl (C=O) groups excluding carboxylic acids is 3. The number of fused-ring (bicyclic) bond motifs is 1. The second-order valence-electron chi connectivity index (χ2n) is 6.77. The molecule has 1 aliphatic heterocycles. The van der Waals surface area contributed by atoms with E-state index in [-0.39, 0.29) is 17.5 Å². The number of nitrogens with zero attached hydrogens (tertiary/aromatic N) is 2. The Kier molecular flexibility index (Phi) is 5.96. The number of anilines is 2. The molecule has 3 aromatic rings. The number of halogens is 1. The van der Waals surface area contributed by atoms with E-state index in [1.807, 2.05) is 18.2 Å². The largest absolute Gasteiger partial charge is 0.322 e. The van der Waals surface area contributed by atoms with E-state index in [2.05, 4.69) is 43.8 Å². The van der Waals surface area contributed by atoms with Gasteiger partial charge < -0.3 is 10.6 Å². The Labute approximate surface area is 196 Å². The topological polar surface area (TPSA) is 123 Å². The number of hydrazone groups is 1. The summed E-state index contributed by atoms with van der Waals surface area (Å²) in [6, 6.07) is 20.0. The number of hydrogen-bond acceptors (Lipinski definition) is 5. The van der Waals surface area contributed by atoms with Gasteiger partial charge in [0, 0.05) is 25.9 Å². The predicted molar refractivity (Wildman–Crippen MR) is 127 cm³/mol. The standard InChI is InChI=1S/C23H14IN5O3/c24-16-7-10-19-18(11-16)20(23(32)27-19)28-29-22(31)15-5-8-17(9-6-15)26-21(30)14-3-1-13(12-25)2-4-14/h1-11H,(H,26,30)(H,29,31)(H,27,28,32). The van der Waals surface area contributed by atoms with Crippen molar-refractivity contribution in [3.8, 4) is 6.07 Å². The van der Waals surface area contributed by atoms with E-state index >= 15 is 0 Å². The summed E-state index contributed by atoms with van der Waals surface area (Å²) >= 11 is 2.14. The van der Waals surface area contributed by atoms with Crippen LogP contribution in [0.25, 0.3) is 0 Å². The monoisotopic (exact) mass is 535 g/mol. The van der Waals surface area contributed by atoms with Crippen molar-refractivity contribution in [1.82, 2.24) is 5.43 Å². The molecular weight excluding hydrogens is 521 g/mol. The average molecular weight is 535 g/mol. The fraction of sp³-hybridized carbons (Fsp3) is 0. The molecule has 156 valence electrons. The van der Waals surface area contributed by atoms with Crippen LogP contribution < -0.4 is 16.1 Å². The second kappa shape index (κ2) is 8.99. The van der Waals surface area contributed by atoms with E-state index in [4.69, 9.17) is 5.26 Å². The van der Waals surface area contributed by atoms with E-state index < -0.39 is 5.91 Å². The summed E-state index contributed by atoms with van der Waals surface area (Å²) in [5, 5.41) is 18.3. The van der Waals surface area contributed by atoms with Crippen LogP contribution in [0.2, 0.25) is 0 Å². The van der Waals surface area contributed by atoms with Crippen LogP contribution in [0.3, 0.4) is 0 Å². The average Bonchev–Trinajstić information content (AvgIpc) is 3.12. The van der Waals surface area contributed by atoms with Crippen molar-refractivity contribution in [1.29, 1.82) is 5.26 Å². The first kappa shape index (κ1) is 21.2. The van der Waals surface area contributed by atoms with Gasteiger partial charge >= 0.3 is 0 Å². The molecule has 0 spiro atoms. The Morgan fingerprint density at radius 3 is 2.28 bits per heavy atom. The van der Waals surface area contributed by atoms with E-state index in [0.717, 1.165) is 3.57 Å². The highest BCUT2D eigenvalue weighted by atomic mass is 127. The summed E-state index contributed by atoms with van der Waals surface area (Å²) < 4.78 is 0.940. The van der Waals surface area contributed by atoms with Crippen molar-refractivity contribution in [2.24, 2.45) is 5.10 Å². The van der Waals surface area contributed by atoms with Gasteiger partial charge in [-0.15, -0.1) is 0 Å². The van der Waals surface area contributed by atoms with Gasteiger partial charge in [0.15, 0.2) is 5.71 Å². The van der Waals surface area contributed by atoms with Crippen LogP contribution in [0, 0.1) is 14.9 Å². The van der Waals surface area contributed by atoms with Crippen LogP contribution >= 0.6 is 22.6 Å². The second-order valence-corrected chi connectivity index (χ2v) is 8.01. The quantitative estimate of drug-likeness (QED) is 0.350. The van der Waals surface area contributed by atoms with E-state index in [9.17, 15) is 14.4 Å². The van der Waals surface area contributed by atoms with E-state index in [1.54, 1.807) is 42.5 Å². The first-order chi connectivity index (χ1) is 15.4. The normalized spacial score (nSPS) is 13.1. The molecule has 0 aromatic heterocycles. The summed E-state index contributed by atoms with van der Waals surface area (Å²) in [6.07, 6.45) is 0. The number of benzene rings is 3. The third kappa shape index (κ3) is 4.50. The Bertz CT molecular complexity index is 1310. The molecule has 0 saturated carbocycles. The zero-order valence-electron chi connectivity index (χ0n) is 16.3. The lowest BCUT2D eigenvalue weighted by molar-refractivity contribution is -0.110. The summed E-state index contributed by atoms with van der Waals surface area (Å²) in [4.78, 5) is 36.9. The lowest BCUT2D eigenvalue weighted by Gasteiger charge is -2.07. The molecule has 1 aliphatic rings. The molecule has 0 saturated heterocycles. The van der Waals surface area contributed by atoms with Gasteiger partial charge in [0.1, 0.15) is 0 Å². The summed E-state index contributed by atoms with van der Waals surface area (Å²) in [6.45, 7) is 0. The highest BCUT2D eigenvalue weighted by Gasteiger charge is 2.26. The number of amides is 3. The molecule has 0 fully saturated rings. The zero-order chi connectivity index (χ0) is 22.7. The molecule has 0 aliphatic carbocycles. The third-order valence-electron chi connectivity index (χ3n) is 4.65. The fourth-order valence-corrected chi connectivity index (χ4v) is 3.50. The van der Waals surface area contributed by atoms with Crippen LogP contribution in [0.15, 0.2) is 71.8 Å². The molecule has 0 unspecified atom stereocenters. The van der Waals surface area contributed by atoms with Gasteiger partial charge in [-0.1, -0.05) is 0 Å². The lowest BCUT2D eigenvalue weighted by atomic mass is 10.1. The van der Waals surface area contributed by atoms with Gasteiger partial charge in [-0.05, 0) is 89.3 Å². The number of carbonyl (C=O) groups is 3. The molecule has 0 atom stereocenters. The van der Waals surface area contributed by atoms with Crippen LogP contribution in [-0.4, -0.2) is 23.4 Å². The van der Waals surface area contributed by atoms with Crippen molar-refractivity contribution in [2.45, 2.75) is 0 Å². The van der Waals surface area contributed by atoms with E-state index in [0.29, 0.717) is 33.6 Å². The maximum atomic E-state index is 12.4. The Hall–Kier alpha value is -4.04. The summed E-state index contributed by atoms with van der Waals surface area (Å²) in [5.74, 6) is -1.21. The van der Waals surface area contributed by atoms with Crippen molar-refractivity contribution in [2.75, 3.05) is 10.6 Å². The first-order valence-corrected chi connectivity index (χ1v) is 10.4. The maximum Gasteiger partial charge on any atom is 0.276 e. The van der Waals surface area contributed by atoms with Gasteiger partial charge in [-0.2, -0.15) is 10.4 Å². The number of rotatable bonds is 4. The van der Waals surface area contributed by atoms with Crippen LogP contribution in [0.4, 0.5) is 11.4 Å². The minimum absolute atomic E-state index is 0.137. The van der Waals surface area contributed by atoms with Gasteiger partial charge in [0.2, 0.25) is 0 Å². The number of nitrogens with one attached hydrogen (secondary N) is 3. The van der Waals surface area contributed by atoms with Crippen molar-refractivity contribution in [3.05, 3.63) is 92.6 Å². The molecule has 3 N–H and O–H groups in total. The zero-order valence-corrected chi connectivity index (χ0v) is 18.5. The molecule has 3 aromatic carbocycles. The lowest BCUT2D eigenvalue weighted by Crippen LogP contribution is -2.23. The van der Waals surface area contributed by atoms with Crippen molar-refractivity contribution < 1.29 is 14.4 Å². The van der Waals surface area contributed by atoms with Crippen LogP contribution in [-0.2, 0) is 4.79 Å². The van der Waals surface area contributed by atoms with E-state index in [1.165, 1.54) is 12.1 Å². The van der Waals surface area contributed by atoms with Gasteiger partial charge in [-0.3, -0.25) is 14.4 Å². The summed E-state index contributed by atoms with van der Waals surface area (Å²) in [7, 11) is 0. The van der Waals surface area contributed by atoms with Crippen molar-refractivity contribution in [3.63, 3.8) is 0 Å². The first-order valence-electron chi connectivity index (χ1n) is 9.35. The fourth-order valence-electron chi connectivity index (χ4n) is 3.01. The number of hydrogen-bond donors (Lipinski definition) is 3. The molecule has 8 nitrogen and oxygen atoms in total. The Morgan fingerprint density at radius 1 is 0.938 bits per heavy atom. The molecule has 1 heterocycles. The highest BCUT2D eigenvalue weighted by Crippen LogP contribution is 2.25. The molecular formula is C23H14IN5O3. The number of nitriles is 1. The highest BCUT2D eigenvalue weighted by molar-refractivity contribution is 14.1. The molecule has 3 amide bonds. The van der Waals surface area contributed by atoms with Gasteiger partial charge in [0.05, 0.1) is 17.3 Å². The minimum Gasteiger partial charge on any atom is -0.322 e. The molecule has 9 heteroatoms. The third-order valence-corrected chi connectivity index (χ3v) is 5.32. The van der Waals surface area contributed by atoms with Crippen LogP contribution in [0.5, 0.6) is 0 Å². The van der Waals surface area contributed by atoms with Crippen molar-refractivity contribution >= 4 is 57.4 Å². The van der Waals surface area contributed by atoms with Gasteiger partial charge in [-0.25, -0.2) is 5.43 Å². The Morgan fingerprint density at radius 2 is 1.59 bits per heavy atom. The molecule has 0 radical (unpaired) electrons. The Balaban J connectivity index is 1.42. The van der Waals surface area contributed by atoms with Crippen LogP contribution in [0.1, 0.15) is 31.8 Å². The molecule has 4 rings (SSSR count). The maximum absolute atomic E-state index is 12.4. The predicted octanol–water partition coefficient (Wildman–Crippen LogP) is 3.50. The smallest absolute Gasteiger partial charge is 0.276 e. The molecule has 0 bridgehead atoms. The SMILES string of the molecule is N#Cc1ccc(C(=O)Nc2ccc(C(=O)NN=C3C(=O)Nc4ccc(I)cc43)cc2)cc1. The minimum atomic E-state index is -0.491. The van der Waals surface area contributed by atoms with Gasteiger partial charge in [0.25, 0.3) is 17.7 Å². The summed E-state index contributed by atoms with van der Waals surface area (Å²) in [5.41, 5.74) is 5.50.